The number of carbonyl (C=O) groups is 1. The van der Waals surface area contributed by atoms with Crippen LogP contribution < -0.4 is 10.6 Å². The number of hydrogen-bond acceptors (Lipinski definition) is 5. The topological polar surface area (TPSA) is 70.2 Å². The van der Waals surface area contributed by atoms with Crippen LogP contribution in [0.2, 0.25) is 0 Å². The Morgan fingerprint density at radius 3 is 2.73 bits per heavy atom. The van der Waals surface area contributed by atoms with Crippen LogP contribution in [0, 0.1) is 5.92 Å². The lowest BCUT2D eigenvalue weighted by Gasteiger charge is -2.28. The van der Waals surface area contributed by atoms with E-state index in [1.165, 1.54) is 6.07 Å². The van der Waals surface area contributed by atoms with Crippen molar-refractivity contribution in [2.75, 3.05) is 25.5 Å². The van der Waals surface area contributed by atoms with E-state index in [-0.39, 0.29) is 24.9 Å². The van der Waals surface area contributed by atoms with E-state index in [0.717, 1.165) is 43.5 Å². The minimum atomic E-state index is -4.39. The third kappa shape index (κ3) is 5.78. The van der Waals surface area contributed by atoms with Crippen molar-refractivity contribution in [2.45, 2.75) is 32.1 Å². The summed E-state index contributed by atoms with van der Waals surface area (Å²) in [6.45, 7) is 2.08. The van der Waals surface area contributed by atoms with Gasteiger partial charge in [0.1, 0.15) is 5.82 Å². The number of hydrogen-bond donors (Lipinski definition) is 2. The molecule has 0 unspecified atom stereocenters. The van der Waals surface area contributed by atoms with Gasteiger partial charge in [-0.1, -0.05) is 24.3 Å². The minimum Gasteiger partial charge on any atom is -0.365 e. The standard InChI is InChI=1S/C24H26F3N5O/c1-32-11-5-7-17(15-32)23(33)29-14-21-30-20-10-3-2-9-19(20)22(31-21)28-13-16-6-4-8-18(12-16)24(25,26)27/h2-4,6,8-10,12,17H,5,7,11,13-15H2,1H3,(H,29,33)(H,28,30,31)/t17-/m0/s1. The Balaban J connectivity index is 1.49. The number of nitrogens with zero attached hydrogens (tertiary/aromatic N) is 3. The molecule has 0 aliphatic carbocycles. The molecule has 1 saturated heterocycles. The van der Waals surface area contributed by atoms with Crippen molar-refractivity contribution in [3.8, 4) is 0 Å². The first-order valence-electron chi connectivity index (χ1n) is 10.9. The summed E-state index contributed by atoms with van der Waals surface area (Å²) in [6.07, 6.45) is -2.54. The molecule has 174 valence electrons. The first-order chi connectivity index (χ1) is 15.8. The Labute approximate surface area is 190 Å². The first-order valence-corrected chi connectivity index (χ1v) is 10.9. The summed E-state index contributed by atoms with van der Waals surface area (Å²) in [6, 6.07) is 12.6. The molecule has 0 bridgehead atoms. The molecule has 9 heteroatoms. The van der Waals surface area contributed by atoms with E-state index < -0.39 is 11.7 Å². The Bertz CT molecular complexity index is 1130. The zero-order valence-electron chi connectivity index (χ0n) is 18.3. The highest BCUT2D eigenvalue weighted by Crippen LogP contribution is 2.30. The van der Waals surface area contributed by atoms with E-state index in [0.29, 0.717) is 22.7 Å². The summed E-state index contributed by atoms with van der Waals surface area (Å²) < 4.78 is 39.1. The molecule has 0 saturated carbocycles. The van der Waals surface area contributed by atoms with E-state index >= 15 is 0 Å². The molecular formula is C24H26F3N5O. The summed E-state index contributed by atoms with van der Waals surface area (Å²) >= 11 is 0. The molecule has 2 heterocycles. The lowest BCUT2D eigenvalue weighted by molar-refractivity contribution is -0.137. The molecule has 1 aromatic heterocycles. The van der Waals surface area contributed by atoms with Gasteiger partial charge in [0, 0.05) is 18.5 Å². The van der Waals surface area contributed by atoms with E-state index in [4.69, 9.17) is 0 Å². The number of anilines is 1. The Hall–Kier alpha value is -3.20. The highest BCUT2D eigenvalue weighted by Gasteiger charge is 2.30. The quantitative estimate of drug-likeness (QED) is 0.580. The molecule has 1 atom stereocenters. The van der Waals surface area contributed by atoms with Gasteiger partial charge in [-0.2, -0.15) is 13.2 Å². The van der Waals surface area contributed by atoms with Crippen molar-refractivity contribution in [3.05, 3.63) is 65.5 Å². The maximum Gasteiger partial charge on any atom is 0.416 e. The van der Waals surface area contributed by atoms with Crippen LogP contribution in [0.1, 0.15) is 29.8 Å². The fourth-order valence-electron chi connectivity index (χ4n) is 4.07. The molecular weight excluding hydrogens is 431 g/mol. The van der Waals surface area contributed by atoms with E-state index in [1.807, 2.05) is 31.3 Å². The van der Waals surface area contributed by atoms with Gasteiger partial charge in [0.05, 0.1) is 23.5 Å². The molecule has 4 rings (SSSR count). The van der Waals surface area contributed by atoms with Crippen molar-refractivity contribution in [3.63, 3.8) is 0 Å². The first kappa shape index (κ1) is 23.0. The Morgan fingerprint density at radius 1 is 1.12 bits per heavy atom. The van der Waals surface area contributed by atoms with Gasteiger partial charge in [0.15, 0.2) is 5.82 Å². The van der Waals surface area contributed by atoms with Gasteiger partial charge in [-0.25, -0.2) is 9.97 Å². The molecule has 1 amide bonds. The van der Waals surface area contributed by atoms with Crippen LogP contribution in [-0.4, -0.2) is 40.9 Å². The molecule has 3 aromatic rings. The minimum absolute atomic E-state index is 0.0169. The molecule has 2 N–H and O–H groups in total. The number of piperidine rings is 1. The van der Waals surface area contributed by atoms with Crippen LogP contribution in [0.4, 0.5) is 19.0 Å². The Kier molecular flexibility index (Phi) is 6.78. The monoisotopic (exact) mass is 457 g/mol. The van der Waals surface area contributed by atoms with Gasteiger partial charge in [-0.3, -0.25) is 4.79 Å². The number of carbonyl (C=O) groups excluding carboxylic acids is 1. The number of alkyl halides is 3. The molecule has 0 spiro atoms. The highest BCUT2D eigenvalue weighted by atomic mass is 19.4. The largest absolute Gasteiger partial charge is 0.416 e. The van der Waals surface area contributed by atoms with Crippen LogP contribution in [-0.2, 0) is 24.1 Å². The maximum absolute atomic E-state index is 13.0. The number of aromatic nitrogens is 2. The summed E-state index contributed by atoms with van der Waals surface area (Å²) in [4.78, 5) is 23.8. The maximum atomic E-state index is 13.0. The molecule has 1 aliphatic rings. The molecule has 33 heavy (non-hydrogen) atoms. The van der Waals surface area contributed by atoms with Crippen LogP contribution in [0.3, 0.4) is 0 Å². The van der Waals surface area contributed by atoms with Crippen LogP contribution in [0.25, 0.3) is 10.9 Å². The fraction of sp³-hybridized carbons (Fsp3) is 0.375. The van der Waals surface area contributed by atoms with E-state index in [1.54, 1.807) is 6.07 Å². The smallest absolute Gasteiger partial charge is 0.365 e. The molecule has 1 aliphatic heterocycles. The van der Waals surface area contributed by atoms with Gasteiger partial charge >= 0.3 is 6.18 Å². The molecule has 0 radical (unpaired) electrons. The van der Waals surface area contributed by atoms with Crippen LogP contribution in [0.5, 0.6) is 0 Å². The van der Waals surface area contributed by atoms with Crippen LogP contribution in [0.15, 0.2) is 48.5 Å². The summed E-state index contributed by atoms with van der Waals surface area (Å²) in [5.41, 5.74) is 0.496. The second kappa shape index (κ2) is 9.74. The number of amides is 1. The zero-order valence-corrected chi connectivity index (χ0v) is 18.3. The number of benzene rings is 2. The summed E-state index contributed by atoms with van der Waals surface area (Å²) in [7, 11) is 2.01. The average Bonchev–Trinajstić information content (AvgIpc) is 2.80. The van der Waals surface area contributed by atoms with Gasteiger partial charge in [0.25, 0.3) is 0 Å². The summed E-state index contributed by atoms with van der Waals surface area (Å²) in [5, 5.41) is 6.84. The zero-order chi connectivity index (χ0) is 23.4. The van der Waals surface area contributed by atoms with Gasteiger partial charge in [-0.05, 0) is 56.3 Å². The lowest BCUT2D eigenvalue weighted by Crippen LogP contribution is -2.41. The van der Waals surface area contributed by atoms with Crippen molar-refractivity contribution in [1.29, 1.82) is 0 Å². The average molecular weight is 458 g/mol. The fourth-order valence-corrected chi connectivity index (χ4v) is 4.07. The number of likely N-dealkylation sites (tertiary alicyclic amines) is 1. The van der Waals surface area contributed by atoms with Gasteiger partial charge in [-0.15, -0.1) is 0 Å². The van der Waals surface area contributed by atoms with Gasteiger partial charge in [0.2, 0.25) is 5.91 Å². The molecule has 1 fully saturated rings. The number of para-hydroxylation sites is 1. The van der Waals surface area contributed by atoms with E-state index in [2.05, 4.69) is 25.5 Å². The van der Waals surface area contributed by atoms with Crippen molar-refractivity contribution < 1.29 is 18.0 Å². The van der Waals surface area contributed by atoms with Crippen molar-refractivity contribution >= 4 is 22.6 Å². The van der Waals surface area contributed by atoms with Crippen molar-refractivity contribution in [1.82, 2.24) is 20.2 Å². The lowest BCUT2D eigenvalue weighted by atomic mass is 9.98. The highest BCUT2D eigenvalue weighted by molar-refractivity contribution is 5.89. The summed E-state index contributed by atoms with van der Waals surface area (Å²) in [5.74, 6) is 0.886. The van der Waals surface area contributed by atoms with Crippen molar-refractivity contribution in [2.24, 2.45) is 5.92 Å². The third-order valence-corrected chi connectivity index (χ3v) is 5.78. The number of nitrogens with one attached hydrogen (secondary N) is 2. The molecule has 6 nitrogen and oxygen atoms in total. The van der Waals surface area contributed by atoms with Gasteiger partial charge < -0.3 is 15.5 Å². The second-order valence-electron chi connectivity index (χ2n) is 8.38. The van der Waals surface area contributed by atoms with Crippen LogP contribution >= 0.6 is 0 Å². The molecule has 2 aromatic carbocycles. The number of halogens is 3. The Morgan fingerprint density at radius 2 is 1.94 bits per heavy atom. The predicted molar refractivity (Wildman–Crippen MR) is 120 cm³/mol. The third-order valence-electron chi connectivity index (χ3n) is 5.78. The second-order valence-corrected chi connectivity index (χ2v) is 8.38. The van der Waals surface area contributed by atoms with E-state index in [9.17, 15) is 18.0 Å². The SMILES string of the molecule is CN1CCC[C@H](C(=O)NCc2nc(NCc3cccc(C(F)(F)F)c3)c3ccccc3n2)C1. The normalized spacial score (nSPS) is 17.2. The predicted octanol–water partition coefficient (Wildman–Crippen LogP) is 4.22. The number of fused-ring (bicyclic) bond motifs is 1. The number of rotatable bonds is 6.